The van der Waals surface area contributed by atoms with E-state index < -0.39 is 29.7 Å². The van der Waals surface area contributed by atoms with E-state index in [9.17, 15) is 14.4 Å². The number of rotatable bonds is 10. The number of pyridine rings is 1. The zero-order valence-electron chi connectivity index (χ0n) is 23.3. The molecule has 3 rings (SSSR count). The lowest BCUT2D eigenvalue weighted by Crippen LogP contribution is -2.56. The number of nitrogens with one attached hydrogen (secondary N) is 3. The first-order chi connectivity index (χ1) is 18.5. The number of carbonyl (C=O) groups excluding carboxylic acids is 3. The van der Waals surface area contributed by atoms with Gasteiger partial charge in [-0.1, -0.05) is 68.8 Å². The first-order valence-corrected chi connectivity index (χ1v) is 13.2. The monoisotopic (exact) mass is 533 g/mol. The van der Waals surface area contributed by atoms with Crippen molar-refractivity contribution in [2.24, 2.45) is 5.92 Å². The van der Waals surface area contributed by atoms with Crippen LogP contribution in [-0.4, -0.2) is 40.6 Å². The maximum Gasteiger partial charge on any atom is 0.408 e. The molecule has 0 saturated heterocycles. The number of benzene rings is 2. The number of nitrogens with two attached hydrogens (primary N) is 1. The molecule has 0 bridgehead atoms. The zero-order chi connectivity index (χ0) is 28.6. The first-order valence-electron chi connectivity index (χ1n) is 13.2. The molecule has 1 aromatic heterocycles. The third-order valence-electron chi connectivity index (χ3n) is 6.42. The molecule has 1 unspecified atom stereocenters. The molecule has 2 aromatic carbocycles. The molecule has 3 aromatic rings. The molecule has 0 aliphatic heterocycles. The Morgan fingerprint density at radius 1 is 0.974 bits per heavy atom. The largest absolute Gasteiger partial charge is 0.444 e. The molecule has 0 aliphatic rings. The molecule has 0 spiro atoms. The standard InChI is InChI=1S/C30H39N5O4/c1-6-19(2)26(35-29(38)39-30(3,4)5)28(37)34-24(27(36)33-18-20-14-15-25(31)32-17-20)16-22-12-9-11-21-10-7-8-13-23(21)22/h7-15,17,19,24,26H,6,16,18H2,1-5H3,(H2,31,32)(H,33,36)(H,34,37)(H,35,38)/t19-,24+,26?/m1/s1. The van der Waals surface area contributed by atoms with Gasteiger partial charge in [-0.05, 0) is 54.7 Å². The molecule has 0 saturated carbocycles. The number of carbonyl (C=O) groups is 3. The fourth-order valence-electron chi connectivity index (χ4n) is 4.15. The predicted octanol–water partition coefficient (Wildman–Crippen LogP) is 4.10. The molecule has 5 N–H and O–H groups in total. The minimum Gasteiger partial charge on any atom is -0.444 e. The van der Waals surface area contributed by atoms with E-state index in [2.05, 4.69) is 20.9 Å². The number of nitrogens with zero attached hydrogens (tertiary/aromatic N) is 1. The third kappa shape index (κ3) is 8.70. The number of amides is 3. The molecule has 1 heterocycles. The van der Waals surface area contributed by atoms with Crippen LogP contribution in [0.2, 0.25) is 0 Å². The molecule has 0 aliphatic carbocycles. The van der Waals surface area contributed by atoms with E-state index >= 15 is 0 Å². The van der Waals surface area contributed by atoms with E-state index in [-0.39, 0.29) is 24.8 Å². The molecule has 3 atom stereocenters. The van der Waals surface area contributed by atoms with E-state index in [0.29, 0.717) is 12.2 Å². The highest BCUT2D eigenvalue weighted by Gasteiger charge is 2.31. The van der Waals surface area contributed by atoms with E-state index in [4.69, 9.17) is 10.5 Å². The van der Waals surface area contributed by atoms with Gasteiger partial charge in [0.15, 0.2) is 0 Å². The fraction of sp³-hybridized carbons (Fsp3) is 0.400. The van der Waals surface area contributed by atoms with Gasteiger partial charge in [0.2, 0.25) is 11.8 Å². The summed E-state index contributed by atoms with van der Waals surface area (Å²) in [5, 5.41) is 10.5. The Bertz CT molecular complexity index is 1280. The molecule has 208 valence electrons. The Morgan fingerprint density at radius 3 is 2.36 bits per heavy atom. The van der Waals surface area contributed by atoms with Crippen molar-refractivity contribution < 1.29 is 19.1 Å². The summed E-state index contributed by atoms with van der Waals surface area (Å²) < 4.78 is 5.38. The van der Waals surface area contributed by atoms with Gasteiger partial charge in [-0.2, -0.15) is 0 Å². The van der Waals surface area contributed by atoms with Crippen LogP contribution in [0.5, 0.6) is 0 Å². The van der Waals surface area contributed by atoms with Gasteiger partial charge in [-0.15, -0.1) is 0 Å². The molecular formula is C30H39N5O4. The Kier molecular flexibility index (Phi) is 9.87. The summed E-state index contributed by atoms with van der Waals surface area (Å²) in [5.74, 6) is -0.614. The van der Waals surface area contributed by atoms with E-state index in [1.54, 1.807) is 39.1 Å². The van der Waals surface area contributed by atoms with Crippen LogP contribution < -0.4 is 21.7 Å². The van der Waals surface area contributed by atoms with E-state index in [1.807, 2.05) is 56.3 Å². The van der Waals surface area contributed by atoms with E-state index in [0.717, 1.165) is 21.9 Å². The van der Waals surface area contributed by atoms with Gasteiger partial charge in [0.05, 0.1) is 0 Å². The smallest absolute Gasteiger partial charge is 0.408 e. The number of nitrogen functional groups attached to an aromatic ring is 1. The van der Waals surface area contributed by atoms with Crippen LogP contribution >= 0.6 is 0 Å². The molecule has 9 heteroatoms. The molecule has 0 radical (unpaired) electrons. The van der Waals surface area contributed by atoms with Crippen LogP contribution in [0.3, 0.4) is 0 Å². The SMILES string of the molecule is CC[C@@H](C)C(NC(=O)OC(C)(C)C)C(=O)N[C@@H](Cc1cccc2ccccc12)C(=O)NCc1ccc(N)nc1. The Balaban J connectivity index is 1.84. The van der Waals surface area contributed by atoms with Crippen molar-refractivity contribution in [1.82, 2.24) is 20.9 Å². The van der Waals surface area contributed by atoms with Crippen LogP contribution in [0.1, 0.15) is 52.2 Å². The highest BCUT2D eigenvalue weighted by atomic mass is 16.6. The highest BCUT2D eigenvalue weighted by Crippen LogP contribution is 2.20. The number of hydrogen-bond donors (Lipinski definition) is 4. The fourth-order valence-corrected chi connectivity index (χ4v) is 4.15. The van der Waals surface area contributed by atoms with Crippen LogP contribution in [0, 0.1) is 5.92 Å². The second-order valence-corrected chi connectivity index (χ2v) is 10.7. The van der Waals surface area contributed by atoms with Crippen molar-refractivity contribution in [1.29, 1.82) is 0 Å². The second kappa shape index (κ2) is 13.1. The van der Waals surface area contributed by atoms with Crippen molar-refractivity contribution in [2.45, 2.75) is 71.7 Å². The number of ether oxygens (including phenoxy) is 1. The van der Waals surface area contributed by atoms with Crippen molar-refractivity contribution in [2.75, 3.05) is 5.73 Å². The number of alkyl carbamates (subject to hydrolysis) is 1. The van der Waals surface area contributed by atoms with Crippen LogP contribution in [0.4, 0.5) is 10.6 Å². The maximum absolute atomic E-state index is 13.5. The van der Waals surface area contributed by atoms with Crippen LogP contribution in [-0.2, 0) is 27.3 Å². The average molecular weight is 534 g/mol. The Morgan fingerprint density at radius 2 is 1.69 bits per heavy atom. The first kappa shape index (κ1) is 29.4. The minimum atomic E-state index is -0.892. The molecule has 3 amide bonds. The van der Waals surface area contributed by atoms with Gasteiger partial charge in [-0.3, -0.25) is 9.59 Å². The van der Waals surface area contributed by atoms with Crippen molar-refractivity contribution in [3.8, 4) is 0 Å². The number of aromatic nitrogens is 1. The molecule has 9 nitrogen and oxygen atoms in total. The van der Waals surface area contributed by atoms with Gasteiger partial charge >= 0.3 is 6.09 Å². The summed E-state index contributed by atoms with van der Waals surface area (Å²) in [6, 6.07) is 15.5. The van der Waals surface area contributed by atoms with Crippen molar-refractivity contribution >= 4 is 34.5 Å². The summed E-state index contributed by atoms with van der Waals surface area (Å²) in [6.07, 6.45) is 1.81. The van der Waals surface area contributed by atoms with Crippen LogP contribution in [0.15, 0.2) is 60.8 Å². The lowest BCUT2D eigenvalue weighted by atomic mass is 9.96. The number of hydrogen-bond acceptors (Lipinski definition) is 6. The van der Waals surface area contributed by atoms with Gasteiger partial charge in [0, 0.05) is 19.2 Å². The highest BCUT2D eigenvalue weighted by molar-refractivity contribution is 5.92. The van der Waals surface area contributed by atoms with Gasteiger partial charge < -0.3 is 26.4 Å². The summed E-state index contributed by atoms with van der Waals surface area (Å²) in [4.78, 5) is 43.6. The average Bonchev–Trinajstić information content (AvgIpc) is 2.89. The summed E-state index contributed by atoms with van der Waals surface area (Å²) >= 11 is 0. The van der Waals surface area contributed by atoms with Gasteiger partial charge in [0.25, 0.3) is 0 Å². The van der Waals surface area contributed by atoms with E-state index in [1.165, 1.54) is 0 Å². The predicted molar refractivity (Wildman–Crippen MR) is 153 cm³/mol. The summed E-state index contributed by atoms with van der Waals surface area (Å²) in [6.45, 7) is 9.29. The van der Waals surface area contributed by atoms with Gasteiger partial charge in [0.1, 0.15) is 23.5 Å². The van der Waals surface area contributed by atoms with Crippen molar-refractivity contribution in [3.63, 3.8) is 0 Å². The lowest BCUT2D eigenvalue weighted by molar-refractivity contribution is -0.130. The number of anilines is 1. The quantitative estimate of drug-likeness (QED) is 0.310. The Hall–Kier alpha value is -4.14. The minimum absolute atomic E-state index is 0.195. The number of fused-ring (bicyclic) bond motifs is 1. The zero-order valence-corrected chi connectivity index (χ0v) is 23.3. The molecular weight excluding hydrogens is 494 g/mol. The Labute approximate surface area is 229 Å². The molecule has 39 heavy (non-hydrogen) atoms. The second-order valence-electron chi connectivity index (χ2n) is 10.7. The normalized spacial score (nSPS) is 13.7. The lowest BCUT2D eigenvalue weighted by Gasteiger charge is -2.28. The van der Waals surface area contributed by atoms with Gasteiger partial charge in [-0.25, -0.2) is 9.78 Å². The van der Waals surface area contributed by atoms with Crippen molar-refractivity contribution in [3.05, 3.63) is 71.9 Å². The summed E-state index contributed by atoms with van der Waals surface area (Å²) in [5.41, 5.74) is 6.64. The molecule has 0 fully saturated rings. The van der Waals surface area contributed by atoms with Crippen LogP contribution in [0.25, 0.3) is 10.8 Å². The summed E-state index contributed by atoms with van der Waals surface area (Å²) in [7, 11) is 0. The maximum atomic E-state index is 13.5. The third-order valence-corrected chi connectivity index (χ3v) is 6.42. The topological polar surface area (TPSA) is 135 Å².